The second-order valence-corrected chi connectivity index (χ2v) is 5.51. The van der Waals surface area contributed by atoms with E-state index in [0.717, 1.165) is 43.0 Å². The first-order chi connectivity index (χ1) is 9.72. The topological polar surface area (TPSA) is 50.8 Å². The Hall–Kier alpha value is -1.75. The minimum absolute atomic E-state index is 0.114. The molecule has 0 radical (unpaired) electrons. The molecule has 0 aromatic heterocycles. The van der Waals surface area contributed by atoms with Crippen molar-refractivity contribution in [1.82, 2.24) is 10.2 Å². The van der Waals surface area contributed by atoms with Crippen LogP contribution in [0.15, 0.2) is 18.2 Å². The molecule has 0 aliphatic carbocycles. The number of hydrogen-bond donors (Lipinski definition) is 1. The first-order valence-corrected chi connectivity index (χ1v) is 7.07. The number of benzene rings is 1. The van der Waals surface area contributed by atoms with Gasteiger partial charge in [0.2, 0.25) is 12.7 Å². The Morgan fingerprint density at radius 2 is 2.25 bits per heavy atom. The molecule has 1 N–H and O–H groups in total. The van der Waals surface area contributed by atoms with E-state index in [1.165, 1.54) is 0 Å². The molecule has 0 spiro atoms. The molecule has 0 unspecified atom stereocenters. The van der Waals surface area contributed by atoms with Gasteiger partial charge in [-0.05, 0) is 44.1 Å². The fourth-order valence-electron chi connectivity index (χ4n) is 2.76. The molecular weight excluding hydrogens is 256 g/mol. The molecule has 1 aromatic rings. The predicted molar refractivity (Wildman–Crippen MR) is 74.6 cm³/mol. The second kappa shape index (κ2) is 5.71. The summed E-state index contributed by atoms with van der Waals surface area (Å²) in [5.41, 5.74) is 1.03. The van der Waals surface area contributed by atoms with Crippen molar-refractivity contribution in [1.29, 1.82) is 0 Å². The molecule has 1 atom stereocenters. The van der Waals surface area contributed by atoms with E-state index >= 15 is 0 Å². The van der Waals surface area contributed by atoms with E-state index in [2.05, 4.69) is 17.3 Å². The number of nitrogens with zero attached hydrogens (tertiary/aromatic N) is 1. The average Bonchev–Trinajstić information content (AvgIpc) is 2.92. The van der Waals surface area contributed by atoms with Gasteiger partial charge in [0.25, 0.3) is 0 Å². The van der Waals surface area contributed by atoms with Gasteiger partial charge in [-0.1, -0.05) is 6.07 Å². The van der Waals surface area contributed by atoms with Crippen molar-refractivity contribution < 1.29 is 14.3 Å². The Bertz CT molecular complexity index is 504. The van der Waals surface area contributed by atoms with E-state index in [1.54, 1.807) is 0 Å². The van der Waals surface area contributed by atoms with Gasteiger partial charge in [0.1, 0.15) is 0 Å². The highest BCUT2D eigenvalue weighted by Gasteiger charge is 2.23. The van der Waals surface area contributed by atoms with Gasteiger partial charge in [0.05, 0.1) is 5.92 Å². The zero-order chi connectivity index (χ0) is 13.9. The molecule has 5 heteroatoms. The van der Waals surface area contributed by atoms with Gasteiger partial charge in [-0.2, -0.15) is 0 Å². The number of amides is 1. The Morgan fingerprint density at radius 3 is 3.10 bits per heavy atom. The van der Waals surface area contributed by atoms with Gasteiger partial charge in [-0.3, -0.25) is 4.79 Å². The van der Waals surface area contributed by atoms with Crippen LogP contribution in [-0.4, -0.2) is 37.7 Å². The molecule has 5 nitrogen and oxygen atoms in total. The molecule has 1 aromatic carbocycles. The monoisotopic (exact) mass is 276 g/mol. The molecule has 1 saturated heterocycles. The van der Waals surface area contributed by atoms with E-state index in [1.807, 2.05) is 18.2 Å². The molecule has 108 valence electrons. The Balaban J connectivity index is 1.55. The first kappa shape index (κ1) is 13.2. The number of piperidine rings is 1. The third-order valence-corrected chi connectivity index (χ3v) is 3.90. The highest BCUT2D eigenvalue weighted by molar-refractivity contribution is 5.79. The molecule has 0 saturated carbocycles. The van der Waals surface area contributed by atoms with Crippen LogP contribution >= 0.6 is 0 Å². The summed E-state index contributed by atoms with van der Waals surface area (Å²) in [6.45, 7) is 2.76. The maximum atomic E-state index is 12.2. The summed E-state index contributed by atoms with van der Waals surface area (Å²) in [5.74, 6) is 1.79. The van der Waals surface area contributed by atoms with Crippen LogP contribution in [0, 0.1) is 5.92 Å². The maximum absolute atomic E-state index is 12.2. The van der Waals surface area contributed by atoms with Gasteiger partial charge in [0.15, 0.2) is 11.5 Å². The lowest BCUT2D eigenvalue weighted by molar-refractivity contribution is -0.126. The largest absolute Gasteiger partial charge is 0.454 e. The van der Waals surface area contributed by atoms with Crippen LogP contribution < -0.4 is 14.8 Å². The Labute approximate surface area is 118 Å². The normalized spacial score (nSPS) is 21.8. The van der Waals surface area contributed by atoms with Gasteiger partial charge < -0.3 is 19.7 Å². The molecule has 20 heavy (non-hydrogen) atoms. The summed E-state index contributed by atoms with van der Waals surface area (Å²) in [7, 11) is 2.07. The number of likely N-dealkylation sites (tertiary alicyclic amines) is 1. The maximum Gasteiger partial charge on any atom is 0.231 e. The summed E-state index contributed by atoms with van der Waals surface area (Å²) in [6.07, 6.45) is 2.08. The molecule has 1 amide bonds. The number of carbonyl (C=O) groups is 1. The van der Waals surface area contributed by atoms with Crippen molar-refractivity contribution in [3.8, 4) is 11.5 Å². The molecule has 2 aliphatic rings. The molecule has 2 heterocycles. The predicted octanol–water partition coefficient (Wildman–Crippen LogP) is 1.37. The van der Waals surface area contributed by atoms with Gasteiger partial charge >= 0.3 is 0 Å². The zero-order valence-electron chi connectivity index (χ0n) is 11.7. The highest BCUT2D eigenvalue weighted by atomic mass is 16.7. The minimum Gasteiger partial charge on any atom is -0.454 e. The van der Waals surface area contributed by atoms with Crippen molar-refractivity contribution >= 4 is 5.91 Å². The van der Waals surface area contributed by atoms with Crippen LogP contribution in [0.4, 0.5) is 0 Å². The lowest BCUT2D eigenvalue weighted by atomic mass is 9.97. The Kier molecular flexibility index (Phi) is 3.78. The average molecular weight is 276 g/mol. The lowest BCUT2D eigenvalue weighted by Gasteiger charge is -2.28. The number of hydrogen-bond acceptors (Lipinski definition) is 4. The number of rotatable bonds is 3. The van der Waals surface area contributed by atoms with Crippen LogP contribution in [0.1, 0.15) is 18.4 Å². The van der Waals surface area contributed by atoms with Crippen molar-refractivity contribution in [3.63, 3.8) is 0 Å². The minimum atomic E-state index is 0.114. The second-order valence-electron chi connectivity index (χ2n) is 5.51. The number of nitrogens with one attached hydrogen (secondary N) is 1. The van der Waals surface area contributed by atoms with Crippen LogP contribution in [-0.2, 0) is 11.3 Å². The third-order valence-electron chi connectivity index (χ3n) is 3.90. The van der Waals surface area contributed by atoms with E-state index in [0.29, 0.717) is 6.54 Å². The van der Waals surface area contributed by atoms with Crippen molar-refractivity contribution in [3.05, 3.63) is 23.8 Å². The summed E-state index contributed by atoms with van der Waals surface area (Å²) in [6, 6.07) is 5.77. The van der Waals surface area contributed by atoms with Gasteiger partial charge in [-0.15, -0.1) is 0 Å². The third kappa shape index (κ3) is 2.88. The molecule has 3 rings (SSSR count). The van der Waals surface area contributed by atoms with Gasteiger partial charge in [-0.25, -0.2) is 0 Å². The van der Waals surface area contributed by atoms with Crippen molar-refractivity contribution in [2.75, 3.05) is 26.9 Å². The molecule has 1 fully saturated rings. The smallest absolute Gasteiger partial charge is 0.231 e. The summed E-state index contributed by atoms with van der Waals surface area (Å²) in [4.78, 5) is 14.4. The van der Waals surface area contributed by atoms with Crippen molar-refractivity contribution in [2.45, 2.75) is 19.4 Å². The summed E-state index contributed by atoms with van der Waals surface area (Å²) in [5, 5.41) is 3.02. The summed E-state index contributed by atoms with van der Waals surface area (Å²) >= 11 is 0. The number of ether oxygens (including phenoxy) is 2. The molecular formula is C15H20N2O3. The van der Waals surface area contributed by atoms with Gasteiger partial charge in [0, 0.05) is 13.1 Å². The standard InChI is InChI=1S/C15H20N2O3/c1-17-6-2-3-12(9-17)15(18)16-8-11-4-5-13-14(7-11)20-10-19-13/h4-5,7,12H,2-3,6,8-10H2,1H3,(H,16,18)/t12-/m0/s1. The summed E-state index contributed by atoms with van der Waals surface area (Å²) < 4.78 is 10.6. The highest BCUT2D eigenvalue weighted by Crippen LogP contribution is 2.32. The van der Waals surface area contributed by atoms with E-state index in [9.17, 15) is 4.79 Å². The molecule has 0 bridgehead atoms. The first-order valence-electron chi connectivity index (χ1n) is 7.07. The van der Waals surface area contributed by atoms with Crippen LogP contribution in [0.5, 0.6) is 11.5 Å². The number of fused-ring (bicyclic) bond motifs is 1. The zero-order valence-corrected chi connectivity index (χ0v) is 11.7. The fraction of sp³-hybridized carbons (Fsp3) is 0.533. The van der Waals surface area contributed by atoms with E-state index in [4.69, 9.17) is 9.47 Å². The van der Waals surface area contributed by atoms with E-state index in [-0.39, 0.29) is 18.6 Å². The van der Waals surface area contributed by atoms with Crippen molar-refractivity contribution in [2.24, 2.45) is 5.92 Å². The number of carbonyl (C=O) groups excluding carboxylic acids is 1. The lowest BCUT2D eigenvalue weighted by Crippen LogP contribution is -2.41. The van der Waals surface area contributed by atoms with Crippen LogP contribution in [0.25, 0.3) is 0 Å². The van der Waals surface area contributed by atoms with E-state index < -0.39 is 0 Å². The van der Waals surface area contributed by atoms with Crippen LogP contribution in [0.3, 0.4) is 0 Å². The SMILES string of the molecule is CN1CCC[C@H](C(=O)NCc2ccc3c(c2)OCO3)C1. The Morgan fingerprint density at radius 1 is 1.40 bits per heavy atom. The van der Waals surface area contributed by atoms with Crippen LogP contribution in [0.2, 0.25) is 0 Å². The quantitative estimate of drug-likeness (QED) is 0.906. The molecule has 2 aliphatic heterocycles. The fourth-order valence-corrected chi connectivity index (χ4v) is 2.76.